The number of nitrogens with one attached hydrogen (secondary N) is 1. The Morgan fingerprint density at radius 2 is 1.58 bits per heavy atom. The number of nitrogens with zero attached hydrogens (tertiary/aromatic N) is 3. The third-order valence-corrected chi connectivity index (χ3v) is 9.94. The molecule has 2 aromatic rings. The average molecular weight is 768 g/mol. The fourth-order valence-corrected chi connectivity index (χ4v) is 6.66. The number of esters is 1. The number of likely N-dealkylation sites (tertiary alicyclic amines) is 1. The molecule has 2 heterocycles. The van der Waals surface area contributed by atoms with Gasteiger partial charge in [0.1, 0.15) is 5.54 Å². The summed E-state index contributed by atoms with van der Waals surface area (Å²) in [5.41, 5.74) is -2.02. The molecule has 2 fully saturated rings. The molecule has 3 amide bonds. The summed E-state index contributed by atoms with van der Waals surface area (Å²) in [7, 11) is 3.20. The zero-order chi connectivity index (χ0) is 38.6. The van der Waals surface area contributed by atoms with Gasteiger partial charge in [-0.15, -0.1) is 0 Å². The van der Waals surface area contributed by atoms with E-state index < -0.39 is 41.9 Å². The third kappa shape index (κ3) is 11.0. The van der Waals surface area contributed by atoms with Crippen LogP contribution in [0.25, 0.3) is 0 Å². The maximum atomic E-state index is 13.1. The van der Waals surface area contributed by atoms with Crippen LogP contribution in [0, 0.1) is 0 Å². The summed E-state index contributed by atoms with van der Waals surface area (Å²) in [6.07, 6.45) is 0.311. The highest BCUT2D eigenvalue weighted by Gasteiger charge is 2.50. The predicted molar refractivity (Wildman–Crippen MR) is 189 cm³/mol. The third-order valence-electron chi connectivity index (χ3n) is 9.20. The van der Waals surface area contributed by atoms with Crippen LogP contribution in [0.3, 0.4) is 0 Å². The second kappa shape index (κ2) is 18.9. The monoisotopic (exact) mass is 766 g/mol. The van der Waals surface area contributed by atoms with Gasteiger partial charge in [0, 0.05) is 51.3 Å². The van der Waals surface area contributed by atoms with Crippen molar-refractivity contribution in [2.45, 2.75) is 55.6 Å². The Balaban J connectivity index is 0.000000478. The number of urea groups is 1. The van der Waals surface area contributed by atoms with E-state index in [-0.39, 0.29) is 23.8 Å². The Labute approximate surface area is 311 Å². The number of piperidine rings is 1. The quantitative estimate of drug-likeness (QED) is 0.175. The van der Waals surface area contributed by atoms with Crippen LogP contribution in [-0.4, -0.2) is 136 Å². The molecule has 0 radical (unpaired) electrons. The number of amides is 3. The Morgan fingerprint density at radius 1 is 0.962 bits per heavy atom. The maximum absolute atomic E-state index is 13.1. The van der Waals surface area contributed by atoms with Crippen LogP contribution in [0.1, 0.15) is 60.4 Å². The van der Waals surface area contributed by atoms with Gasteiger partial charge in [0.15, 0.2) is 5.60 Å². The largest absolute Gasteiger partial charge is 0.481 e. The molecule has 0 unspecified atom stereocenters. The van der Waals surface area contributed by atoms with Crippen molar-refractivity contribution in [2.24, 2.45) is 0 Å². The number of methoxy groups -OCH3 is 1. The van der Waals surface area contributed by atoms with Crippen molar-refractivity contribution in [1.82, 2.24) is 20.0 Å². The number of aliphatic hydroxyl groups is 1. The van der Waals surface area contributed by atoms with Gasteiger partial charge >= 0.3 is 29.9 Å². The number of rotatable bonds is 14. The number of carbonyl (C=O) groups is 6. The van der Waals surface area contributed by atoms with Gasteiger partial charge in [0.05, 0.1) is 30.0 Å². The molecule has 0 aromatic heterocycles. The highest BCUT2D eigenvalue weighted by molar-refractivity contribution is 6.42. The molecule has 15 nitrogen and oxygen atoms in total. The second-order valence-corrected chi connectivity index (χ2v) is 13.6. The van der Waals surface area contributed by atoms with Crippen molar-refractivity contribution in [3.05, 3.63) is 69.7 Å². The number of carboxylic acid groups (broad SMARTS) is 3. The first-order chi connectivity index (χ1) is 24.5. The van der Waals surface area contributed by atoms with E-state index in [1.165, 1.54) is 7.11 Å². The zero-order valence-corrected chi connectivity index (χ0v) is 30.4. The van der Waals surface area contributed by atoms with E-state index in [9.17, 15) is 28.8 Å². The van der Waals surface area contributed by atoms with Crippen LogP contribution >= 0.6 is 23.2 Å². The molecule has 2 aliphatic rings. The highest BCUT2D eigenvalue weighted by atomic mass is 35.5. The molecule has 2 saturated heterocycles. The SMILES string of the molecule is COC(=O)C1(N2CCCNC2=O)CCN(CC[C@H](CN(C)C(=O)c2ccccc2)c2ccc(Cl)c(Cl)c2)CC1.O=C(O)CC(O)(CC(=O)O)C(=O)O. The van der Waals surface area contributed by atoms with E-state index in [2.05, 4.69) is 10.2 Å². The van der Waals surface area contributed by atoms with Crippen LogP contribution in [0.5, 0.6) is 0 Å². The molecule has 52 heavy (non-hydrogen) atoms. The Kier molecular flexibility index (Phi) is 15.2. The Hall–Kier alpha value is -4.44. The van der Waals surface area contributed by atoms with Crippen molar-refractivity contribution in [1.29, 1.82) is 0 Å². The lowest BCUT2D eigenvalue weighted by atomic mass is 9.84. The van der Waals surface area contributed by atoms with E-state index in [1.807, 2.05) is 49.5 Å². The second-order valence-electron chi connectivity index (χ2n) is 12.8. The van der Waals surface area contributed by atoms with Crippen molar-refractivity contribution in [3.8, 4) is 0 Å². The van der Waals surface area contributed by atoms with Crippen LogP contribution in [0.2, 0.25) is 10.0 Å². The number of likely N-dealkylation sites (N-methyl/N-ethyl adjacent to an activating group) is 1. The van der Waals surface area contributed by atoms with E-state index in [0.717, 1.165) is 24.9 Å². The fraction of sp³-hybridized carbons (Fsp3) is 0.486. The Morgan fingerprint density at radius 3 is 2.10 bits per heavy atom. The molecule has 0 bridgehead atoms. The lowest BCUT2D eigenvalue weighted by molar-refractivity contribution is -0.170. The van der Waals surface area contributed by atoms with E-state index >= 15 is 0 Å². The number of benzene rings is 2. The van der Waals surface area contributed by atoms with E-state index in [4.69, 9.17) is 48.4 Å². The minimum atomic E-state index is -2.74. The summed E-state index contributed by atoms with van der Waals surface area (Å²) < 4.78 is 5.17. The maximum Gasteiger partial charge on any atom is 0.336 e. The van der Waals surface area contributed by atoms with Gasteiger partial charge in [0.25, 0.3) is 5.91 Å². The first-order valence-electron chi connectivity index (χ1n) is 16.5. The number of hydrogen-bond donors (Lipinski definition) is 5. The van der Waals surface area contributed by atoms with Crippen LogP contribution in [0.4, 0.5) is 4.79 Å². The molecule has 4 rings (SSSR count). The van der Waals surface area contributed by atoms with Crippen molar-refractivity contribution >= 4 is 59.0 Å². The smallest absolute Gasteiger partial charge is 0.336 e. The van der Waals surface area contributed by atoms with Gasteiger partial charge in [-0.1, -0.05) is 47.5 Å². The molecule has 17 heteroatoms. The van der Waals surface area contributed by atoms with Crippen molar-refractivity contribution in [3.63, 3.8) is 0 Å². The minimum absolute atomic E-state index is 0.0255. The van der Waals surface area contributed by atoms with Gasteiger partial charge in [-0.2, -0.15) is 0 Å². The first kappa shape index (κ1) is 42.0. The van der Waals surface area contributed by atoms with E-state index in [0.29, 0.717) is 61.2 Å². The topological polar surface area (TPSA) is 214 Å². The number of hydrogen-bond acceptors (Lipinski definition) is 9. The molecule has 0 spiro atoms. The van der Waals surface area contributed by atoms with Gasteiger partial charge in [-0.05, 0) is 62.1 Å². The molecule has 2 aromatic carbocycles. The van der Waals surface area contributed by atoms with Crippen LogP contribution < -0.4 is 5.32 Å². The fourth-order valence-electron chi connectivity index (χ4n) is 6.36. The van der Waals surface area contributed by atoms with Gasteiger partial charge in [0.2, 0.25) is 0 Å². The van der Waals surface area contributed by atoms with Gasteiger partial charge in [-0.25, -0.2) is 14.4 Å². The number of carboxylic acids is 3. The average Bonchev–Trinajstić information content (AvgIpc) is 3.11. The Bertz CT molecular complexity index is 1590. The molecule has 284 valence electrons. The normalized spacial score (nSPS) is 16.4. The molecule has 2 aliphatic heterocycles. The summed E-state index contributed by atoms with van der Waals surface area (Å²) in [6.45, 7) is 3.76. The summed E-state index contributed by atoms with van der Waals surface area (Å²) >= 11 is 12.5. The van der Waals surface area contributed by atoms with Crippen LogP contribution in [0.15, 0.2) is 48.5 Å². The molecule has 1 atom stereocenters. The minimum Gasteiger partial charge on any atom is -0.481 e. The highest BCUT2D eigenvalue weighted by Crippen LogP contribution is 2.34. The van der Waals surface area contributed by atoms with Crippen molar-refractivity contribution in [2.75, 3.05) is 53.4 Å². The van der Waals surface area contributed by atoms with Gasteiger partial charge < -0.3 is 45.2 Å². The summed E-state index contributed by atoms with van der Waals surface area (Å²) in [5, 5.41) is 37.6. The lowest BCUT2D eigenvalue weighted by Gasteiger charge is -2.47. The number of aliphatic carboxylic acids is 3. The van der Waals surface area contributed by atoms with E-state index in [1.54, 1.807) is 15.9 Å². The lowest BCUT2D eigenvalue weighted by Crippen LogP contribution is -2.65. The molecule has 0 saturated carbocycles. The van der Waals surface area contributed by atoms with Crippen LogP contribution in [-0.2, 0) is 23.9 Å². The predicted octanol–water partition coefficient (Wildman–Crippen LogP) is 3.41. The van der Waals surface area contributed by atoms with Crippen molar-refractivity contribution < 1.29 is 53.9 Å². The van der Waals surface area contributed by atoms with Gasteiger partial charge in [-0.3, -0.25) is 14.4 Å². The first-order valence-corrected chi connectivity index (χ1v) is 17.3. The summed E-state index contributed by atoms with van der Waals surface area (Å²) in [4.78, 5) is 74.8. The zero-order valence-electron chi connectivity index (χ0n) is 28.9. The number of halogens is 2. The standard InChI is InChI=1S/C29H36Cl2N4O4.C6H8O7/c1-33(26(36)21-7-4-3-5-8-21)20-23(22-9-10-24(30)25(31)19-22)11-16-34-17-12-29(13-18-34,27(37)39-2)35-15-6-14-32-28(35)38;7-3(8)1-6(13,5(11)12)2-4(9)10/h3-5,7-10,19,23H,6,11-18,20H2,1-2H3,(H,32,38);13H,1-2H2,(H,7,8)(H,9,10)(H,11,12)/t23-;/m1./s1. The molecule has 0 aliphatic carbocycles. The molecular formula is C35H44Cl2N4O11. The number of carbonyl (C=O) groups excluding carboxylic acids is 3. The summed E-state index contributed by atoms with van der Waals surface area (Å²) in [5.74, 6) is -5.39. The summed E-state index contributed by atoms with van der Waals surface area (Å²) in [6, 6.07) is 14.7. The molecule has 5 N–H and O–H groups in total. The molecular weight excluding hydrogens is 723 g/mol. The number of ether oxygens (including phenoxy) is 1.